The molecule has 0 saturated heterocycles. The van der Waals surface area contributed by atoms with E-state index < -0.39 is 6.29 Å². The zero-order valence-electron chi connectivity index (χ0n) is 11.6. The highest BCUT2D eigenvalue weighted by Crippen LogP contribution is 2.45. The van der Waals surface area contributed by atoms with Crippen LogP contribution < -0.4 is 0 Å². The minimum Gasteiger partial charge on any atom is -0.368 e. The third-order valence-corrected chi connectivity index (χ3v) is 4.38. The molecule has 0 spiro atoms. The third-order valence-electron chi connectivity index (χ3n) is 4.38. The van der Waals surface area contributed by atoms with Gasteiger partial charge in [-0.1, -0.05) is 46.0 Å². The first-order chi connectivity index (χ1) is 7.62. The molecule has 1 rings (SSSR count). The molecular weight excluding hydrogens is 236 g/mol. The number of hydrogen-bond donors (Lipinski definition) is 1. The maximum absolute atomic E-state index is 9.68. The van der Waals surface area contributed by atoms with E-state index in [2.05, 4.69) is 13.8 Å². The molecule has 2 atom stereocenters. The quantitative estimate of drug-likeness (QED) is 0.731. The molecule has 2 unspecified atom stereocenters. The predicted octanol–water partition coefficient (Wildman–Crippen LogP) is 4.15. The molecule has 1 saturated carbocycles. The van der Waals surface area contributed by atoms with Crippen molar-refractivity contribution in [2.75, 3.05) is 7.11 Å². The summed E-state index contributed by atoms with van der Waals surface area (Å²) in [5.74, 6) is 0.618. The van der Waals surface area contributed by atoms with Crippen molar-refractivity contribution in [2.45, 2.75) is 71.5 Å². The maximum atomic E-state index is 9.68. The topological polar surface area (TPSA) is 29.5 Å². The summed E-state index contributed by atoms with van der Waals surface area (Å²) in [7, 11) is 1.59. The summed E-state index contributed by atoms with van der Waals surface area (Å²) in [6.07, 6.45) is 9.42. The number of rotatable bonds is 6. The fourth-order valence-corrected chi connectivity index (χ4v) is 3.21. The Kier molecular flexibility index (Phi) is 8.44. The standard InChI is InChI=1S/C14H28O2.ClH/c1-4-8-12(11-13(15)16-3)14(2)9-6-5-7-10-14;/h12-13,15H,4-11H2,1-3H3;1H. The Labute approximate surface area is 113 Å². The Morgan fingerprint density at radius 1 is 1.24 bits per heavy atom. The summed E-state index contributed by atoms with van der Waals surface area (Å²) in [6, 6.07) is 0. The first-order valence-corrected chi connectivity index (χ1v) is 6.83. The minimum atomic E-state index is -0.574. The zero-order valence-corrected chi connectivity index (χ0v) is 12.4. The number of halogens is 1. The molecule has 0 heterocycles. The Hall–Kier alpha value is 0.210. The van der Waals surface area contributed by atoms with E-state index in [1.54, 1.807) is 7.11 Å². The van der Waals surface area contributed by atoms with E-state index in [1.807, 2.05) is 0 Å². The van der Waals surface area contributed by atoms with Crippen molar-refractivity contribution in [3.63, 3.8) is 0 Å². The first-order valence-electron chi connectivity index (χ1n) is 6.83. The molecule has 0 bridgehead atoms. The van der Waals surface area contributed by atoms with Gasteiger partial charge in [-0.2, -0.15) is 0 Å². The van der Waals surface area contributed by atoms with Crippen LogP contribution in [0.3, 0.4) is 0 Å². The lowest BCUT2D eigenvalue weighted by atomic mass is 9.65. The Morgan fingerprint density at radius 2 is 1.82 bits per heavy atom. The average molecular weight is 265 g/mol. The summed E-state index contributed by atoms with van der Waals surface area (Å²) in [6.45, 7) is 4.65. The molecular formula is C14H29ClO2. The fraction of sp³-hybridized carbons (Fsp3) is 1.00. The van der Waals surface area contributed by atoms with Gasteiger partial charge in [-0.05, 0) is 24.2 Å². The van der Waals surface area contributed by atoms with E-state index in [-0.39, 0.29) is 12.4 Å². The van der Waals surface area contributed by atoms with E-state index in [9.17, 15) is 5.11 Å². The van der Waals surface area contributed by atoms with Crippen LogP contribution in [0.15, 0.2) is 0 Å². The van der Waals surface area contributed by atoms with Gasteiger partial charge in [-0.3, -0.25) is 0 Å². The molecule has 1 aliphatic carbocycles. The van der Waals surface area contributed by atoms with Gasteiger partial charge in [0.15, 0.2) is 6.29 Å². The molecule has 1 N–H and O–H groups in total. The second-order valence-corrected chi connectivity index (χ2v) is 5.63. The highest BCUT2D eigenvalue weighted by atomic mass is 35.5. The van der Waals surface area contributed by atoms with E-state index in [4.69, 9.17) is 4.74 Å². The molecule has 0 aromatic rings. The highest BCUT2D eigenvalue weighted by Gasteiger charge is 2.35. The second kappa shape index (κ2) is 8.34. The Balaban J connectivity index is 0.00000256. The lowest BCUT2D eigenvalue weighted by Gasteiger charge is -2.41. The van der Waals surface area contributed by atoms with Gasteiger partial charge in [0, 0.05) is 13.5 Å². The highest BCUT2D eigenvalue weighted by molar-refractivity contribution is 5.85. The normalized spacial score (nSPS) is 22.6. The van der Waals surface area contributed by atoms with Crippen LogP contribution >= 0.6 is 12.4 Å². The van der Waals surface area contributed by atoms with Crippen molar-refractivity contribution < 1.29 is 9.84 Å². The van der Waals surface area contributed by atoms with Crippen molar-refractivity contribution in [2.24, 2.45) is 11.3 Å². The number of methoxy groups -OCH3 is 1. The van der Waals surface area contributed by atoms with Crippen molar-refractivity contribution in [1.29, 1.82) is 0 Å². The van der Waals surface area contributed by atoms with Crippen LogP contribution in [0.4, 0.5) is 0 Å². The van der Waals surface area contributed by atoms with Gasteiger partial charge in [-0.15, -0.1) is 12.4 Å². The monoisotopic (exact) mass is 264 g/mol. The van der Waals surface area contributed by atoms with Crippen molar-refractivity contribution in [3.05, 3.63) is 0 Å². The van der Waals surface area contributed by atoms with Crippen LogP contribution in [0, 0.1) is 11.3 Å². The van der Waals surface area contributed by atoms with Gasteiger partial charge in [0.2, 0.25) is 0 Å². The largest absolute Gasteiger partial charge is 0.368 e. The molecule has 0 aliphatic heterocycles. The number of ether oxygens (including phenoxy) is 1. The smallest absolute Gasteiger partial charge is 0.154 e. The van der Waals surface area contributed by atoms with Gasteiger partial charge in [0.05, 0.1) is 0 Å². The van der Waals surface area contributed by atoms with Gasteiger partial charge in [-0.25, -0.2) is 0 Å². The molecule has 1 aliphatic rings. The lowest BCUT2D eigenvalue weighted by Crippen LogP contribution is -2.33. The maximum Gasteiger partial charge on any atom is 0.154 e. The molecule has 104 valence electrons. The van der Waals surface area contributed by atoms with Crippen molar-refractivity contribution >= 4 is 12.4 Å². The van der Waals surface area contributed by atoms with Crippen LogP contribution in [0.25, 0.3) is 0 Å². The molecule has 1 fully saturated rings. The summed E-state index contributed by atoms with van der Waals surface area (Å²) < 4.78 is 5.02. The lowest BCUT2D eigenvalue weighted by molar-refractivity contribution is -0.101. The summed E-state index contributed by atoms with van der Waals surface area (Å²) in [5.41, 5.74) is 0.438. The average Bonchev–Trinajstić information content (AvgIpc) is 2.29. The van der Waals surface area contributed by atoms with Crippen LogP contribution in [-0.4, -0.2) is 18.5 Å². The van der Waals surface area contributed by atoms with Crippen molar-refractivity contribution in [3.8, 4) is 0 Å². The molecule has 17 heavy (non-hydrogen) atoms. The number of hydrogen-bond acceptors (Lipinski definition) is 2. The third kappa shape index (κ3) is 5.15. The summed E-state index contributed by atoms with van der Waals surface area (Å²) in [5, 5.41) is 9.68. The number of aliphatic hydroxyl groups is 1. The predicted molar refractivity (Wildman–Crippen MR) is 74.5 cm³/mol. The Bertz CT molecular complexity index is 191. The van der Waals surface area contributed by atoms with E-state index in [0.717, 1.165) is 6.42 Å². The van der Waals surface area contributed by atoms with Gasteiger partial charge >= 0.3 is 0 Å². The second-order valence-electron chi connectivity index (χ2n) is 5.63. The molecule has 2 nitrogen and oxygen atoms in total. The Morgan fingerprint density at radius 3 is 2.29 bits per heavy atom. The van der Waals surface area contributed by atoms with Crippen LogP contribution in [0.5, 0.6) is 0 Å². The summed E-state index contributed by atoms with van der Waals surface area (Å²) in [4.78, 5) is 0. The van der Waals surface area contributed by atoms with Crippen LogP contribution in [0.2, 0.25) is 0 Å². The van der Waals surface area contributed by atoms with Gasteiger partial charge < -0.3 is 9.84 Å². The zero-order chi connectivity index (χ0) is 12.0. The van der Waals surface area contributed by atoms with E-state index in [0.29, 0.717) is 11.3 Å². The molecule has 3 heteroatoms. The van der Waals surface area contributed by atoms with Crippen molar-refractivity contribution in [1.82, 2.24) is 0 Å². The molecule has 0 radical (unpaired) electrons. The minimum absolute atomic E-state index is 0. The van der Waals surface area contributed by atoms with Crippen LogP contribution in [-0.2, 0) is 4.74 Å². The van der Waals surface area contributed by atoms with Crippen LogP contribution in [0.1, 0.15) is 65.2 Å². The van der Waals surface area contributed by atoms with E-state index in [1.165, 1.54) is 44.9 Å². The molecule has 0 amide bonds. The fourth-order valence-electron chi connectivity index (χ4n) is 3.21. The molecule has 0 aromatic heterocycles. The number of aliphatic hydroxyl groups excluding tert-OH is 1. The first kappa shape index (κ1) is 17.2. The summed E-state index contributed by atoms with van der Waals surface area (Å²) >= 11 is 0. The SMILES string of the molecule is CCCC(CC(O)OC)C1(C)CCCCC1.Cl. The van der Waals surface area contributed by atoms with Gasteiger partial charge in [0.25, 0.3) is 0 Å². The molecule has 0 aromatic carbocycles. The van der Waals surface area contributed by atoms with Gasteiger partial charge in [0.1, 0.15) is 0 Å². The van der Waals surface area contributed by atoms with E-state index >= 15 is 0 Å².